The molecular formula is C26H30N2O. The molecule has 0 spiro atoms. The summed E-state index contributed by atoms with van der Waals surface area (Å²) in [5.41, 5.74) is 3.27. The first kappa shape index (κ1) is 19.7. The second kappa shape index (κ2) is 9.71. The molecule has 4 rings (SSSR count). The van der Waals surface area contributed by atoms with E-state index in [1.54, 1.807) is 0 Å². The molecular weight excluding hydrogens is 356 g/mol. The maximum Gasteiger partial charge on any atom is 0.251 e. The summed E-state index contributed by atoms with van der Waals surface area (Å²) in [6.07, 6.45) is 5.45. The quantitative estimate of drug-likeness (QED) is 0.562. The zero-order valence-corrected chi connectivity index (χ0v) is 17.1. The van der Waals surface area contributed by atoms with Crippen molar-refractivity contribution in [3.63, 3.8) is 0 Å². The third kappa shape index (κ3) is 5.04. The molecule has 1 aliphatic rings. The van der Waals surface area contributed by atoms with Gasteiger partial charge in [-0.2, -0.15) is 0 Å². The van der Waals surface area contributed by atoms with Crippen LogP contribution in [-0.4, -0.2) is 37.0 Å². The number of rotatable bonds is 8. The van der Waals surface area contributed by atoms with Gasteiger partial charge in [0, 0.05) is 12.1 Å². The molecule has 150 valence electrons. The zero-order valence-electron chi connectivity index (χ0n) is 17.1. The van der Waals surface area contributed by atoms with E-state index in [1.807, 2.05) is 18.2 Å². The van der Waals surface area contributed by atoms with Crippen molar-refractivity contribution >= 4 is 16.7 Å². The molecule has 0 unspecified atom stereocenters. The molecule has 3 nitrogen and oxygen atoms in total. The summed E-state index contributed by atoms with van der Waals surface area (Å²) in [7, 11) is 0. The van der Waals surface area contributed by atoms with Gasteiger partial charge in [-0.3, -0.25) is 4.79 Å². The lowest BCUT2D eigenvalue weighted by atomic mass is 9.96. The van der Waals surface area contributed by atoms with Crippen molar-refractivity contribution in [3.05, 3.63) is 83.4 Å². The Bertz CT molecular complexity index is 954. The smallest absolute Gasteiger partial charge is 0.251 e. The standard InChI is InChI=1S/C26H30N2O/c29-26(27-17-8-20-28-18-5-6-19-28)25-14-4-2-10-23(25)16-15-22-12-7-11-21-9-1-3-13-24(21)22/h1-4,7,9-14H,5-6,8,15-20H2,(H,27,29). The summed E-state index contributed by atoms with van der Waals surface area (Å²) in [5.74, 6) is 0.0555. The van der Waals surface area contributed by atoms with Crippen LogP contribution >= 0.6 is 0 Å². The number of hydrogen-bond acceptors (Lipinski definition) is 2. The van der Waals surface area contributed by atoms with E-state index < -0.39 is 0 Å². The van der Waals surface area contributed by atoms with Crippen LogP contribution in [0.4, 0.5) is 0 Å². The van der Waals surface area contributed by atoms with Crippen LogP contribution in [0, 0.1) is 0 Å². The minimum Gasteiger partial charge on any atom is -0.352 e. The van der Waals surface area contributed by atoms with Crippen LogP contribution in [0.15, 0.2) is 66.7 Å². The highest BCUT2D eigenvalue weighted by Gasteiger charge is 2.13. The van der Waals surface area contributed by atoms with Gasteiger partial charge in [-0.25, -0.2) is 0 Å². The molecule has 1 fully saturated rings. The summed E-state index contributed by atoms with van der Waals surface area (Å²) < 4.78 is 0. The number of nitrogens with one attached hydrogen (secondary N) is 1. The fourth-order valence-electron chi connectivity index (χ4n) is 4.35. The van der Waals surface area contributed by atoms with Gasteiger partial charge >= 0.3 is 0 Å². The average Bonchev–Trinajstić information content (AvgIpc) is 3.29. The molecule has 0 saturated carbocycles. The first-order valence-electron chi connectivity index (χ1n) is 10.9. The van der Waals surface area contributed by atoms with E-state index in [4.69, 9.17) is 0 Å². The molecule has 1 aliphatic heterocycles. The molecule has 1 amide bonds. The first-order chi connectivity index (χ1) is 14.3. The van der Waals surface area contributed by atoms with Crippen LogP contribution < -0.4 is 5.32 Å². The second-order valence-corrected chi connectivity index (χ2v) is 7.95. The molecule has 0 aliphatic carbocycles. The highest BCUT2D eigenvalue weighted by atomic mass is 16.1. The molecule has 1 heterocycles. The number of carbonyl (C=O) groups excluding carboxylic acids is 1. The molecule has 0 atom stereocenters. The molecule has 3 heteroatoms. The molecule has 3 aromatic rings. The SMILES string of the molecule is O=C(NCCCN1CCCC1)c1ccccc1CCc1cccc2ccccc12. The predicted octanol–water partition coefficient (Wildman–Crippen LogP) is 4.84. The zero-order chi connectivity index (χ0) is 19.9. The van der Waals surface area contributed by atoms with Crippen molar-refractivity contribution in [2.45, 2.75) is 32.1 Å². The summed E-state index contributed by atoms with van der Waals surface area (Å²) in [6.45, 7) is 4.26. The van der Waals surface area contributed by atoms with Gasteiger partial charge in [-0.1, -0.05) is 60.7 Å². The molecule has 1 saturated heterocycles. The van der Waals surface area contributed by atoms with Crippen LogP contribution in [-0.2, 0) is 12.8 Å². The largest absolute Gasteiger partial charge is 0.352 e. The minimum absolute atomic E-state index is 0.0555. The first-order valence-corrected chi connectivity index (χ1v) is 10.9. The fraction of sp³-hybridized carbons (Fsp3) is 0.346. The summed E-state index contributed by atoms with van der Waals surface area (Å²) >= 11 is 0. The van der Waals surface area contributed by atoms with Gasteiger partial charge in [0.2, 0.25) is 0 Å². The normalized spacial score (nSPS) is 14.3. The van der Waals surface area contributed by atoms with E-state index in [-0.39, 0.29) is 5.91 Å². The predicted molar refractivity (Wildman–Crippen MR) is 120 cm³/mol. The lowest BCUT2D eigenvalue weighted by Gasteiger charge is -2.15. The van der Waals surface area contributed by atoms with E-state index in [1.165, 1.54) is 42.3 Å². The Labute approximate surface area is 173 Å². The fourth-order valence-corrected chi connectivity index (χ4v) is 4.35. The van der Waals surface area contributed by atoms with Crippen molar-refractivity contribution in [2.24, 2.45) is 0 Å². The van der Waals surface area contributed by atoms with Crippen LogP contribution in [0.3, 0.4) is 0 Å². The molecule has 0 aromatic heterocycles. The Hall–Kier alpha value is -2.65. The highest BCUT2D eigenvalue weighted by molar-refractivity contribution is 5.95. The summed E-state index contributed by atoms with van der Waals surface area (Å²) in [4.78, 5) is 15.3. The number of benzene rings is 3. The van der Waals surface area contributed by atoms with E-state index in [0.717, 1.165) is 43.5 Å². The Morgan fingerprint density at radius 2 is 1.52 bits per heavy atom. The van der Waals surface area contributed by atoms with Crippen LogP contribution in [0.2, 0.25) is 0 Å². The van der Waals surface area contributed by atoms with Gasteiger partial charge in [0.25, 0.3) is 5.91 Å². The third-order valence-electron chi connectivity index (χ3n) is 5.94. The minimum atomic E-state index is 0.0555. The second-order valence-electron chi connectivity index (χ2n) is 7.95. The molecule has 0 radical (unpaired) electrons. The molecule has 0 bridgehead atoms. The van der Waals surface area contributed by atoms with Gasteiger partial charge in [0.05, 0.1) is 0 Å². The van der Waals surface area contributed by atoms with Crippen molar-refractivity contribution in [3.8, 4) is 0 Å². The maximum atomic E-state index is 12.8. The van der Waals surface area contributed by atoms with E-state index >= 15 is 0 Å². The molecule has 3 aromatic carbocycles. The van der Waals surface area contributed by atoms with Crippen molar-refractivity contribution in [1.29, 1.82) is 0 Å². The maximum absolute atomic E-state index is 12.8. The number of nitrogens with zero attached hydrogens (tertiary/aromatic N) is 1. The van der Waals surface area contributed by atoms with Gasteiger partial charge in [-0.05, 0) is 79.7 Å². The van der Waals surface area contributed by atoms with Crippen molar-refractivity contribution < 1.29 is 4.79 Å². The average molecular weight is 387 g/mol. The Morgan fingerprint density at radius 3 is 2.41 bits per heavy atom. The molecule has 1 N–H and O–H groups in total. The Kier molecular flexibility index (Phi) is 6.58. The van der Waals surface area contributed by atoms with Crippen LogP contribution in [0.5, 0.6) is 0 Å². The van der Waals surface area contributed by atoms with Crippen LogP contribution in [0.1, 0.15) is 40.7 Å². The molecule has 29 heavy (non-hydrogen) atoms. The third-order valence-corrected chi connectivity index (χ3v) is 5.94. The van der Waals surface area contributed by atoms with E-state index in [0.29, 0.717) is 0 Å². The number of hydrogen-bond donors (Lipinski definition) is 1. The highest BCUT2D eigenvalue weighted by Crippen LogP contribution is 2.21. The number of aryl methyl sites for hydroxylation is 2. The van der Waals surface area contributed by atoms with Gasteiger partial charge < -0.3 is 10.2 Å². The Morgan fingerprint density at radius 1 is 0.828 bits per heavy atom. The Balaban J connectivity index is 1.36. The van der Waals surface area contributed by atoms with Gasteiger partial charge in [0.1, 0.15) is 0 Å². The van der Waals surface area contributed by atoms with Crippen molar-refractivity contribution in [2.75, 3.05) is 26.2 Å². The van der Waals surface area contributed by atoms with E-state index in [2.05, 4.69) is 58.7 Å². The number of amides is 1. The van der Waals surface area contributed by atoms with Gasteiger partial charge in [0.15, 0.2) is 0 Å². The number of fused-ring (bicyclic) bond motifs is 1. The van der Waals surface area contributed by atoms with Gasteiger partial charge in [-0.15, -0.1) is 0 Å². The van der Waals surface area contributed by atoms with E-state index in [9.17, 15) is 4.79 Å². The monoisotopic (exact) mass is 386 g/mol. The summed E-state index contributed by atoms with van der Waals surface area (Å²) in [5, 5.41) is 5.70. The van der Waals surface area contributed by atoms with Crippen LogP contribution in [0.25, 0.3) is 10.8 Å². The topological polar surface area (TPSA) is 32.3 Å². The lowest BCUT2D eigenvalue weighted by Crippen LogP contribution is -2.29. The lowest BCUT2D eigenvalue weighted by molar-refractivity contribution is 0.0951. The number of likely N-dealkylation sites (tertiary alicyclic amines) is 1. The number of carbonyl (C=O) groups is 1. The summed E-state index contributed by atoms with van der Waals surface area (Å²) in [6, 6.07) is 23.0. The van der Waals surface area contributed by atoms with Crippen molar-refractivity contribution in [1.82, 2.24) is 10.2 Å².